The van der Waals surface area contributed by atoms with Gasteiger partial charge in [-0.05, 0) is 64.2 Å². The fourth-order valence-electron chi connectivity index (χ4n) is 1.24. The van der Waals surface area contributed by atoms with Gasteiger partial charge in [-0.1, -0.05) is 23.2 Å². The van der Waals surface area contributed by atoms with Crippen molar-refractivity contribution in [1.29, 1.82) is 0 Å². The van der Waals surface area contributed by atoms with Crippen LogP contribution in [0.3, 0.4) is 0 Å². The zero-order chi connectivity index (χ0) is 14.2. The molecular formula is C12H10Cl2N6. The van der Waals surface area contributed by atoms with E-state index in [4.69, 9.17) is 23.2 Å². The number of benzene rings is 2. The first-order valence-corrected chi connectivity index (χ1v) is 6.32. The predicted octanol–water partition coefficient (Wildman–Crippen LogP) is 4.98. The summed E-state index contributed by atoms with van der Waals surface area (Å²) in [6, 6.07) is 14.0. The van der Waals surface area contributed by atoms with Crippen molar-refractivity contribution in [2.24, 2.45) is 20.8 Å². The highest BCUT2D eigenvalue weighted by atomic mass is 35.5. The van der Waals surface area contributed by atoms with E-state index in [0.29, 0.717) is 15.7 Å². The molecule has 0 radical (unpaired) electrons. The standard InChI is InChI=1S/C12H10Cl2N6/c13-9-1-5-11(6-2-9)15-17-19-20-18-16-12-7-3-10(14)4-8-12/h1-8H,(H,15,18,19)(H,16,17,20). The molecule has 0 bridgehead atoms. The Morgan fingerprint density at radius 3 is 2.00 bits per heavy atom. The van der Waals surface area contributed by atoms with Gasteiger partial charge in [0.05, 0.1) is 11.4 Å². The summed E-state index contributed by atoms with van der Waals surface area (Å²) in [4.78, 5) is 0. The fourth-order valence-corrected chi connectivity index (χ4v) is 1.50. The molecule has 0 unspecified atom stereocenters. The first-order chi connectivity index (χ1) is 9.74. The quantitative estimate of drug-likeness (QED) is 0.604. The van der Waals surface area contributed by atoms with Crippen LogP contribution in [0.2, 0.25) is 10.0 Å². The maximum absolute atomic E-state index is 5.76. The van der Waals surface area contributed by atoms with Crippen LogP contribution in [0.1, 0.15) is 0 Å². The Balaban J connectivity index is 1.76. The van der Waals surface area contributed by atoms with Crippen molar-refractivity contribution in [2.75, 3.05) is 5.43 Å². The Bertz CT molecular complexity index is 594. The van der Waals surface area contributed by atoms with Gasteiger partial charge >= 0.3 is 0 Å². The molecule has 0 spiro atoms. The lowest BCUT2D eigenvalue weighted by atomic mass is 10.3. The van der Waals surface area contributed by atoms with E-state index < -0.39 is 0 Å². The largest absolute Gasteiger partial charge is 0.284 e. The number of rotatable bonds is 5. The molecule has 102 valence electrons. The minimum Gasteiger partial charge on any atom is -0.284 e. The van der Waals surface area contributed by atoms with Gasteiger partial charge in [0, 0.05) is 10.0 Å². The lowest BCUT2D eigenvalue weighted by Crippen LogP contribution is -2.13. The highest BCUT2D eigenvalue weighted by molar-refractivity contribution is 6.30. The lowest BCUT2D eigenvalue weighted by Gasteiger charge is -2.02. The van der Waals surface area contributed by atoms with Crippen molar-refractivity contribution in [3.05, 3.63) is 58.6 Å². The van der Waals surface area contributed by atoms with Crippen LogP contribution < -0.4 is 11.0 Å². The average Bonchev–Trinajstić information content (AvgIpc) is 2.46. The van der Waals surface area contributed by atoms with Crippen LogP contribution >= 0.6 is 23.2 Å². The van der Waals surface area contributed by atoms with Crippen molar-refractivity contribution in [2.45, 2.75) is 0 Å². The second-order valence-electron chi connectivity index (χ2n) is 3.60. The molecule has 2 N–H and O–H groups in total. The molecule has 20 heavy (non-hydrogen) atoms. The SMILES string of the molecule is Clc1ccc(N=N/N=N/NNc2ccc(Cl)cc2)cc1. The van der Waals surface area contributed by atoms with Crippen LogP contribution in [0.5, 0.6) is 0 Å². The van der Waals surface area contributed by atoms with E-state index in [0.717, 1.165) is 5.69 Å². The summed E-state index contributed by atoms with van der Waals surface area (Å²) < 4.78 is 0. The Morgan fingerprint density at radius 1 is 0.750 bits per heavy atom. The second kappa shape index (κ2) is 7.42. The molecule has 2 aromatic carbocycles. The lowest BCUT2D eigenvalue weighted by molar-refractivity contribution is 0.752. The molecule has 0 aliphatic carbocycles. The summed E-state index contributed by atoms with van der Waals surface area (Å²) in [5, 5.41) is 15.7. The topological polar surface area (TPSA) is 73.5 Å². The van der Waals surface area contributed by atoms with E-state index in [2.05, 4.69) is 31.7 Å². The highest BCUT2D eigenvalue weighted by Crippen LogP contribution is 2.16. The molecule has 6 nitrogen and oxygen atoms in total. The maximum atomic E-state index is 5.76. The number of nitrogens with zero attached hydrogens (tertiary/aromatic N) is 4. The van der Waals surface area contributed by atoms with E-state index in [-0.39, 0.29) is 0 Å². The van der Waals surface area contributed by atoms with Gasteiger partial charge in [-0.3, -0.25) is 5.43 Å². The molecule has 8 heteroatoms. The third-order valence-electron chi connectivity index (χ3n) is 2.17. The Labute approximate surface area is 125 Å². The van der Waals surface area contributed by atoms with Crippen LogP contribution in [0.25, 0.3) is 0 Å². The summed E-state index contributed by atoms with van der Waals surface area (Å²) in [5.74, 6) is 0. The van der Waals surface area contributed by atoms with Gasteiger partial charge in [-0.15, -0.1) is 5.11 Å². The van der Waals surface area contributed by atoms with Crippen molar-refractivity contribution in [3.8, 4) is 0 Å². The molecule has 2 rings (SSSR count). The summed E-state index contributed by atoms with van der Waals surface area (Å²) in [6.07, 6.45) is 0. The van der Waals surface area contributed by atoms with Gasteiger partial charge in [0.15, 0.2) is 0 Å². The van der Waals surface area contributed by atoms with Gasteiger partial charge in [0.2, 0.25) is 0 Å². The molecule has 0 heterocycles. The Hall–Kier alpha value is -2.18. The molecule has 0 atom stereocenters. The number of hydrazine groups is 1. The zero-order valence-corrected chi connectivity index (χ0v) is 11.7. The predicted molar refractivity (Wildman–Crippen MR) is 79.0 cm³/mol. The molecule has 0 amide bonds. The van der Waals surface area contributed by atoms with Crippen LogP contribution in [0.15, 0.2) is 69.3 Å². The van der Waals surface area contributed by atoms with Crippen molar-refractivity contribution in [1.82, 2.24) is 5.53 Å². The fraction of sp³-hybridized carbons (Fsp3) is 0. The molecule has 0 saturated heterocycles. The number of hydrogen-bond acceptors (Lipinski definition) is 3. The smallest absolute Gasteiger partial charge is 0.0876 e. The Kier molecular flexibility index (Phi) is 5.28. The van der Waals surface area contributed by atoms with Crippen LogP contribution in [0, 0.1) is 0 Å². The zero-order valence-electron chi connectivity index (χ0n) is 10.2. The van der Waals surface area contributed by atoms with E-state index in [9.17, 15) is 0 Å². The maximum Gasteiger partial charge on any atom is 0.0876 e. The van der Waals surface area contributed by atoms with E-state index in [1.807, 2.05) is 0 Å². The summed E-state index contributed by atoms with van der Waals surface area (Å²) in [5.41, 5.74) is 6.73. The molecular weight excluding hydrogens is 299 g/mol. The van der Waals surface area contributed by atoms with Crippen LogP contribution in [-0.4, -0.2) is 0 Å². The Morgan fingerprint density at radius 2 is 1.35 bits per heavy atom. The molecule has 0 aromatic heterocycles. The van der Waals surface area contributed by atoms with Crippen molar-refractivity contribution in [3.63, 3.8) is 0 Å². The summed E-state index contributed by atoms with van der Waals surface area (Å²) in [7, 11) is 0. The minimum absolute atomic E-state index is 0.638. The van der Waals surface area contributed by atoms with E-state index >= 15 is 0 Å². The first kappa shape index (κ1) is 14.2. The summed E-state index contributed by atoms with van der Waals surface area (Å²) in [6.45, 7) is 0. The molecule has 2 aromatic rings. The van der Waals surface area contributed by atoms with Gasteiger partial charge < -0.3 is 0 Å². The van der Waals surface area contributed by atoms with Crippen molar-refractivity contribution >= 4 is 34.6 Å². The van der Waals surface area contributed by atoms with Gasteiger partial charge in [0.25, 0.3) is 0 Å². The third-order valence-corrected chi connectivity index (χ3v) is 2.67. The molecule has 0 aliphatic rings. The summed E-state index contributed by atoms with van der Waals surface area (Å²) >= 11 is 11.5. The monoisotopic (exact) mass is 308 g/mol. The normalized spacial score (nSPS) is 11.1. The van der Waals surface area contributed by atoms with Gasteiger partial charge in [-0.2, -0.15) is 0 Å². The van der Waals surface area contributed by atoms with Gasteiger partial charge in [0.1, 0.15) is 0 Å². The number of anilines is 1. The highest BCUT2D eigenvalue weighted by Gasteiger charge is 1.90. The average molecular weight is 309 g/mol. The molecule has 0 fully saturated rings. The van der Waals surface area contributed by atoms with Crippen LogP contribution in [0.4, 0.5) is 11.4 Å². The third kappa shape index (κ3) is 4.83. The van der Waals surface area contributed by atoms with E-state index in [1.54, 1.807) is 48.5 Å². The minimum atomic E-state index is 0.638. The molecule has 0 aliphatic heterocycles. The number of halogens is 2. The first-order valence-electron chi connectivity index (χ1n) is 5.57. The van der Waals surface area contributed by atoms with Gasteiger partial charge in [-0.25, -0.2) is 5.53 Å². The number of nitrogens with one attached hydrogen (secondary N) is 2. The number of hydrogen-bond donors (Lipinski definition) is 2. The van der Waals surface area contributed by atoms with E-state index in [1.165, 1.54) is 0 Å². The molecule has 0 saturated carbocycles. The second-order valence-corrected chi connectivity index (χ2v) is 4.47. The van der Waals surface area contributed by atoms with Crippen molar-refractivity contribution < 1.29 is 0 Å². The van der Waals surface area contributed by atoms with Crippen LogP contribution in [-0.2, 0) is 0 Å².